The van der Waals surface area contributed by atoms with Crippen molar-refractivity contribution in [1.29, 1.82) is 0 Å². The summed E-state index contributed by atoms with van der Waals surface area (Å²) in [6, 6.07) is 11.8. The number of carbonyl (C=O) groups is 1. The molecule has 10 nitrogen and oxygen atoms in total. The topological polar surface area (TPSA) is 104 Å². The minimum absolute atomic E-state index is 0.0347. The molecule has 0 spiro atoms. The molecule has 0 saturated heterocycles. The molecule has 11 heteroatoms. The fourth-order valence-corrected chi connectivity index (χ4v) is 4.71. The van der Waals surface area contributed by atoms with Crippen molar-refractivity contribution in [2.24, 2.45) is 14.1 Å². The maximum Gasteiger partial charge on any atom is 0.332 e. The van der Waals surface area contributed by atoms with Gasteiger partial charge in [-0.1, -0.05) is 24.3 Å². The van der Waals surface area contributed by atoms with Crippen LogP contribution in [0.4, 0.5) is 11.5 Å². The van der Waals surface area contributed by atoms with Crippen molar-refractivity contribution in [3.63, 3.8) is 0 Å². The highest BCUT2D eigenvalue weighted by Gasteiger charge is 2.29. The maximum absolute atomic E-state index is 12.8. The molecular weight excluding hydrogens is 430 g/mol. The molecule has 0 radical (unpaired) electrons. The smallest absolute Gasteiger partial charge is 0.332 e. The molecule has 2 aliphatic heterocycles. The van der Waals surface area contributed by atoms with Gasteiger partial charge in [-0.2, -0.15) is 0 Å². The molecule has 3 aromatic rings. The number of hydrogen-bond acceptors (Lipinski definition) is 8. The van der Waals surface area contributed by atoms with Gasteiger partial charge >= 0.3 is 5.69 Å². The van der Waals surface area contributed by atoms with Gasteiger partial charge in [0.1, 0.15) is 18.1 Å². The van der Waals surface area contributed by atoms with Crippen molar-refractivity contribution in [2.45, 2.75) is 0 Å². The van der Waals surface area contributed by atoms with Crippen LogP contribution in [0.25, 0.3) is 16.6 Å². The van der Waals surface area contributed by atoms with Crippen LogP contribution in [0, 0.1) is 0 Å². The number of para-hydroxylation sites is 1. The van der Waals surface area contributed by atoms with Crippen LogP contribution in [0.3, 0.4) is 0 Å². The molecule has 2 aliphatic rings. The van der Waals surface area contributed by atoms with Crippen LogP contribution >= 0.6 is 11.8 Å². The number of thioether (sulfide) groups is 1. The van der Waals surface area contributed by atoms with Crippen molar-refractivity contribution in [1.82, 2.24) is 24.6 Å². The number of aromatic nitrogens is 3. The van der Waals surface area contributed by atoms with E-state index in [0.29, 0.717) is 17.4 Å². The van der Waals surface area contributed by atoms with Gasteiger partial charge in [0, 0.05) is 24.9 Å². The monoisotopic (exact) mass is 451 g/mol. The number of rotatable bonds is 4. The van der Waals surface area contributed by atoms with E-state index in [-0.39, 0.29) is 19.1 Å². The molecule has 1 aromatic carbocycles. The van der Waals surface area contributed by atoms with Crippen LogP contribution in [-0.2, 0) is 18.9 Å². The molecule has 2 aromatic heterocycles. The quantitative estimate of drug-likeness (QED) is 0.602. The van der Waals surface area contributed by atoms with Crippen LogP contribution < -0.4 is 26.9 Å². The Morgan fingerprint density at radius 1 is 1.16 bits per heavy atom. The number of anilines is 2. The minimum Gasteiger partial charge on any atom is -0.352 e. The Balaban J connectivity index is 1.34. The number of fused-ring (bicyclic) bond motifs is 2. The van der Waals surface area contributed by atoms with Crippen molar-refractivity contribution < 1.29 is 4.79 Å². The zero-order valence-electron chi connectivity index (χ0n) is 17.5. The number of hydrogen-bond donors (Lipinski definition) is 2. The van der Waals surface area contributed by atoms with E-state index in [4.69, 9.17) is 4.98 Å². The largest absolute Gasteiger partial charge is 0.352 e. The van der Waals surface area contributed by atoms with Crippen LogP contribution in [0.1, 0.15) is 5.69 Å². The summed E-state index contributed by atoms with van der Waals surface area (Å²) >= 11 is 1.56. The first-order valence-electron chi connectivity index (χ1n) is 9.98. The molecule has 4 heterocycles. The lowest BCUT2D eigenvalue weighted by Crippen LogP contribution is -2.46. The Hall–Kier alpha value is -3.73. The summed E-state index contributed by atoms with van der Waals surface area (Å²) in [5.74, 6) is 0.703. The Labute approximate surface area is 187 Å². The second-order valence-electron chi connectivity index (χ2n) is 7.59. The SMILES string of the molecule is Cn1c2c(c(=O)n(C)c1=O)N(CC(=O)NN1CSC=C1c1ccc3ccccc3n1)CN2. The van der Waals surface area contributed by atoms with E-state index in [1.807, 2.05) is 41.8 Å². The standard InChI is InChI=1S/C21H21N7O3S/c1-25-19-18(20(30)26(2)21(25)31)27(11-22-19)9-17(29)24-28-12-32-10-16(28)15-8-7-13-5-3-4-6-14(13)23-15/h3-8,10,22H,9,11-12H2,1-2H3,(H,24,29). The van der Waals surface area contributed by atoms with Gasteiger partial charge in [-0.15, -0.1) is 11.8 Å². The van der Waals surface area contributed by atoms with Gasteiger partial charge < -0.3 is 10.2 Å². The fourth-order valence-electron chi connectivity index (χ4n) is 3.88. The van der Waals surface area contributed by atoms with Crippen LogP contribution in [0.2, 0.25) is 0 Å². The van der Waals surface area contributed by atoms with Gasteiger partial charge in [0.25, 0.3) is 11.5 Å². The summed E-state index contributed by atoms with van der Waals surface area (Å²) in [7, 11) is 3.02. The van der Waals surface area contributed by atoms with Crippen LogP contribution in [0.15, 0.2) is 51.4 Å². The van der Waals surface area contributed by atoms with E-state index in [0.717, 1.165) is 26.9 Å². The first-order chi connectivity index (χ1) is 15.4. The van der Waals surface area contributed by atoms with Crippen molar-refractivity contribution in [3.8, 4) is 0 Å². The first-order valence-corrected chi connectivity index (χ1v) is 11.0. The number of carbonyl (C=O) groups excluding carboxylic acids is 1. The second kappa shape index (κ2) is 7.75. The molecule has 2 N–H and O–H groups in total. The average molecular weight is 452 g/mol. The summed E-state index contributed by atoms with van der Waals surface area (Å²) < 4.78 is 2.41. The summed E-state index contributed by atoms with van der Waals surface area (Å²) in [5.41, 5.74) is 4.84. The summed E-state index contributed by atoms with van der Waals surface area (Å²) in [6.07, 6.45) is 0. The highest BCUT2D eigenvalue weighted by Crippen LogP contribution is 2.30. The normalized spacial score (nSPS) is 15.0. The van der Waals surface area contributed by atoms with Crippen LogP contribution in [0.5, 0.6) is 0 Å². The number of amides is 1. The van der Waals surface area contributed by atoms with Gasteiger partial charge in [0.05, 0.1) is 29.5 Å². The molecule has 32 heavy (non-hydrogen) atoms. The number of nitrogens with one attached hydrogen (secondary N) is 2. The highest BCUT2D eigenvalue weighted by atomic mass is 32.2. The van der Waals surface area contributed by atoms with Crippen molar-refractivity contribution in [3.05, 3.63) is 68.3 Å². The predicted octanol–water partition coefficient (Wildman–Crippen LogP) is 0.858. The Bertz CT molecular complexity index is 1390. The molecule has 0 bridgehead atoms. The molecule has 0 saturated carbocycles. The van der Waals surface area contributed by atoms with E-state index in [9.17, 15) is 14.4 Å². The van der Waals surface area contributed by atoms with E-state index >= 15 is 0 Å². The first kappa shape index (κ1) is 20.2. The number of nitrogens with zero attached hydrogens (tertiary/aromatic N) is 5. The Morgan fingerprint density at radius 2 is 1.97 bits per heavy atom. The van der Waals surface area contributed by atoms with E-state index in [2.05, 4.69) is 10.7 Å². The van der Waals surface area contributed by atoms with E-state index in [1.165, 1.54) is 11.6 Å². The maximum atomic E-state index is 12.8. The third-order valence-corrected chi connectivity index (χ3v) is 6.34. The number of benzene rings is 1. The third kappa shape index (κ3) is 3.30. The fraction of sp³-hybridized carbons (Fsp3) is 0.238. The lowest BCUT2D eigenvalue weighted by molar-refractivity contribution is -0.122. The summed E-state index contributed by atoms with van der Waals surface area (Å²) in [6.45, 7) is 0.228. The number of pyridine rings is 1. The molecular formula is C21H21N7O3S. The molecule has 0 unspecified atom stereocenters. The molecule has 0 atom stereocenters. The third-order valence-electron chi connectivity index (χ3n) is 5.54. The molecule has 164 valence electrons. The van der Waals surface area contributed by atoms with Gasteiger partial charge in [-0.05, 0) is 12.1 Å². The Kier molecular flexibility index (Phi) is 4.89. The zero-order chi connectivity index (χ0) is 22.4. The van der Waals surface area contributed by atoms with Gasteiger partial charge in [0.2, 0.25) is 0 Å². The summed E-state index contributed by atoms with van der Waals surface area (Å²) in [5, 5.41) is 7.81. The number of hydrazine groups is 1. The van der Waals surface area contributed by atoms with E-state index in [1.54, 1.807) is 28.7 Å². The van der Waals surface area contributed by atoms with Gasteiger partial charge in [-0.25, -0.2) is 9.78 Å². The predicted molar refractivity (Wildman–Crippen MR) is 125 cm³/mol. The van der Waals surface area contributed by atoms with Gasteiger partial charge in [-0.3, -0.25) is 29.2 Å². The highest BCUT2D eigenvalue weighted by molar-refractivity contribution is 8.02. The summed E-state index contributed by atoms with van der Waals surface area (Å²) in [4.78, 5) is 43.9. The molecule has 5 rings (SSSR count). The minimum atomic E-state index is -0.432. The molecule has 1 amide bonds. The van der Waals surface area contributed by atoms with Crippen LogP contribution in [-0.4, -0.2) is 44.1 Å². The van der Waals surface area contributed by atoms with E-state index < -0.39 is 11.2 Å². The van der Waals surface area contributed by atoms with Gasteiger partial charge in [0.15, 0.2) is 0 Å². The average Bonchev–Trinajstić information content (AvgIpc) is 3.43. The van der Waals surface area contributed by atoms with Crippen molar-refractivity contribution in [2.75, 3.05) is 29.3 Å². The second-order valence-corrected chi connectivity index (χ2v) is 8.41. The lowest BCUT2D eigenvalue weighted by Gasteiger charge is -2.24. The molecule has 0 aliphatic carbocycles. The lowest BCUT2D eigenvalue weighted by atomic mass is 10.2. The Morgan fingerprint density at radius 3 is 2.81 bits per heavy atom. The zero-order valence-corrected chi connectivity index (χ0v) is 18.3. The molecule has 0 fully saturated rings. The van der Waals surface area contributed by atoms with Crippen molar-refractivity contribution >= 4 is 45.8 Å².